The highest BCUT2D eigenvalue weighted by molar-refractivity contribution is 5.20. The summed E-state index contributed by atoms with van der Waals surface area (Å²) in [4.78, 5) is 9.50. The molecule has 0 aromatic heterocycles. The molecule has 0 fully saturated rings. The van der Waals surface area contributed by atoms with Crippen molar-refractivity contribution in [3.63, 3.8) is 0 Å². The summed E-state index contributed by atoms with van der Waals surface area (Å²) in [5.74, 6) is 0. The zero-order chi connectivity index (χ0) is 10.9. The third kappa shape index (κ3) is 8.53. The first-order chi connectivity index (χ1) is 6.07. The van der Waals surface area contributed by atoms with E-state index in [4.69, 9.17) is 0 Å². The van der Waals surface area contributed by atoms with Gasteiger partial charge in [-0.2, -0.15) is 0 Å². The Hall–Kier alpha value is -1.38. The molecule has 0 spiro atoms. The van der Waals surface area contributed by atoms with Crippen LogP contribution in [0, 0.1) is 10.1 Å². The maximum absolute atomic E-state index is 10.0. The molecule has 0 rings (SSSR count). The Kier molecular flexibility index (Phi) is 9.49. The molecule has 0 aliphatic heterocycles. The van der Waals surface area contributed by atoms with Gasteiger partial charge in [-0.3, -0.25) is 10.1 Å². The molecule has 0 aromatic carbocycles. The van der Waals surface area contributed by atoms with Crippen molar-refractivity contribution in [2.75, 3.05) is 0 Å². The van der Waals surface area contributed by atoms with E-state index in [0.717, 1.165) is 12.0 Å². The first-order valence-corrected chi connectivity index (χ1v) is 4.27. The molecular weight excluding hydrogens is 166 g/mol. The predicted molar refractivity (Wildman–Crippen MR) is 56.1 cm³/mol. The van der Waals surface area contributed by atoms with Crippen LogP contribution in [-0.4, -0.2) is 4.92 Å². The van der Waals surface area contributed by atoms with Gasteiger partial charge in [-0.1, -0.05) is 39.0 Å². The van der Waals surface area contributed by atoms with Crippen LogP contribution in [0.25, 0.3) is 0 Å². The minimum absolute atomic E-state index is 0.111. The van der Waals surface area contributed by atoms with E-state index in [2.05, 4.69) is 13.2 Å². The average Bonchev–Trinajstić information content (AvgIpc) is 2.16. The van der Waals surface area contributed by atoms with E-state index < -0.39 is 4.92 Å². The second-order valence-electron chi connectivity index (χ2n) is 2.09. The molecule has 0 saturated carbocycles. The van der Waals surface area contributed by atoms with Gasteiger partial charge in [0.1, 0.15) is 0 Å². The van der Waals surface area contributed by atoms with Crippen molar-refractivity contribution in [1.29, 1.82) is 0 Å². The summed E-state index contributed by atoms with van der Waals surface area (Å²) in [7, 11) is 0. The fourth-order valence-electron chi connectivity index (χ4n) is 0.393. The van der Waals surface area contributed by atoms with Gasteiger partial charge in [0.25, 0.3) is 5.70 Å². The molecule has 0 radical (unpaired) electrons. The van der Waals surface area contributed by atoms with Gasteiger partial charge in [-0.05, 0) is 13.0 Å². The van der Waals surface area contributed by atoms with Gasteiger partial charge in [0.15, 0.2) is 0 Å². The first-order valence-electron chi connectivity index (χ1n) is 4.27. The van der Waals surface area contributed by atoms with E-state index >= 15 is 0 Å². The minimum Gasteiger partial charge on any atom is -0.258 e. The number of hydrogen-bond acceptors (Lipinski definition) is 2. The molecule has 0 N–H and O–H groups in total. The summed E-state index contributed by atoms with van der Waals surface area (Å²) in [5.41, 5.74) is 0.743. The number of hydrogen-bond donors (Lipinski definition) is 0. The molecule has 0 aromatic rings. The lowest BCUT2D eigenvalue weighted by Gasteiger charge is -1.89. The maximum Gasteiger partial charge on any atom is 0.262 e. The van der Waals surface area contributed by atoms with E-state index in [9.17, 15) is 10.1 Å². The van der Waals surface area contributed by atoms with Gasteiger partial charge in [0.2, 0.25) is 0 Å². The first kappa shape index (κ1) is 14.2. The lowest BCUT2D eigenvalue weighted by atomic mass is 10.2. The van der Waals surface area contributed by atoms with Crippen LogP contribution in [0.2, 0.25) is 0 Å². The van der Waals surface area contributed by atoms with E-state index in [0.29, 0.717) is 0 Å². The van der Waals surface area contributed by atoms with E-state index in [1.807, 2.05) is 20.8 Å². The van der Waals surface area contributed by atoms with Gasteiger partial charge in [-0.25, -0.2) is 0 Å². The molecule has 0 bridgehead atoms. The van der Waals surface area contributed by atoms with E-state index in [-0.39, 0.29) is 5.70 Å². The zero-order valence-electron chi connectivity index (χ0n) is 8.54. The molecular formula is C10H17NO2. The quantitative estimate of drug-likeness (QED) is 0.381. The molecule has 0 aliphatic carbocycles. The van der Waals surface area contributed by atoms with Crippen molar-refractivity contribution in [2.45, 2.75) is 27.2 Å². The lowest BCUT2D eigenvalue weighted by Crippen LogP contribution is -1.92. The second kappa shape index (κ2) is 8.71. The summed E-state index contributed by atoms with van der Waals surface area (Å²) in [5, 5.41) is 10.0. The van der Waals surface area contributed by atoms with Crippen LogP contribution in [0.3, 0.4) is 0 Å². The summed E-state index contributed by atoms with van der Waals surface area (Å²) in [6.45, 7) is 12.8. The third-order valence-corrected chi connectivity index (χ3v) is 1.20. The van der Waals surface area contributed by atoms with Crippen molar-refractivity contribution >= 4 is 0 Å². The summed E-state index contributed by atoms with van der Waals surface area (Å²) in [6, 6.07) is 0. The van der Waals surface area contributed by atoms with Crippen molar-refractivity contribution < 1.29 is 4.92 Å². The second-order valence-corrected chi connectivity index (χ2v) is 2.09. The Morgan fingerprint density at radius 2 is 1.85 bits per heavy atom. The van der Waals surface area contributed by atoms with Gasteiger partial charge in [0, 0.05) is 6.08 Å². The largest absolute Gasteiger partial charge is 0.262 e. The van der Waals surface area contributed by atoms with Gasteiger partial charge in [0.05, 0.1) is 4.92 Å². The minimum atomic E-state index is -0.528. The standard InChI is InChI=1S/C8H11NO2.C2H6/c1-4-7(2)5-6-8(3)9(10)11;1-2/h5-6H,2-4H2,1H3;1-2H3/b6-5-;. The van der Waals surface area contributed by atoms with Crippen molar-refractivity contribution in [3.8, 4) is 0 Å². The summed E-state index contributed by atoms with van der Waals surface area (Å²) >= 11 is 0. The number of nitro groups is 1. The average molecular weight is 183 g/mol. The Balaban J connectivity index is 0. The van der Waals surface area contributed by atoms with Crippen LogP contribution in [0.15, 0.2) is 36.6 Å². The van der Waals surface area contributed by atoms with Crippen LogP contribution < -0.4 is 0 Å². The van der Waals surface area contributed by atoms with Crippen molar-refractivity contribution in [3.05, 3.63) is 46.7 Å². The zero-order valence-corrected chi connectivity index (χ0v) is 8.54. The Morgan fingerprint density at radius 3 is 2.15 bits per heavy atom. The van der Waals surface area contributed by atoms with Gasteiger partial charge in [-0.15, -0.1) is 0 Å². The number of nitrogens with zero attached hydrogens (tertiary/aromatic N) is 1. The molecule has 0 aliphatic rings. The fraction of sp³-hybridized carbons (Fsp3) is 0.400. The van der Waals surface area contributed by atoms with Crippen LogP contribution >= 0.6 is 0 Å². The molecule has 3 nitrogen and oxygen atoms in total. The molecule has 74 valence electrons. The van der Waals surface area contributed by atoms with Crippen molar-refractivity contribution in [2.24, 2.45) is 0 Å². The van der Waals surface area contributed by atoms with E-state index in [1.165, 1.54) is 6.08 Å². The summed E-state index contributed by atoms with van der Waals surface area (Å²) in [6.07, 6.45) is 3.75. The molecule has 0 heterocycles. The lowest BCUT2D eigenvalue weighted by molar-refractivity contribution is -0.418. The Bertz CT molecular complexity index is 217. The monoisotopic (exact) mass is 183 g/mol. The third-order valence-electron chi connectivity index (χ3n) is 1.20. The smallest absolute Gasteiger partial charge is 0.258 e. The molecule has 0 saturated heterocycles. The van der Waals surface area contributed by atoms with Crippen LogP contribution in [0.4, 0.5) is 0 Å². The van der Waals surface area contributed by atoms with E-state index in [1.54, 1.807) is 6.08 Å². The van der Waals surface area contributed by atoms with Crippen LogP contribution in [-0.2, 0) is 0 Å². The molecule has 3 heteroatoms. The SMILES string of the molecule is C=C(/C=C\C(=C)[N+](=O)[O-])CC.CC. The Morgan fingerprint density at radius 1 is 1.38 bits per heavy atom. The van der Waals surface area contributed by atoms with Crippen LogP contribution in [0.1, 0.15) is 27.2 Å². The molecule has 0 atom stereocenters. The highest BCUT2D eigenvalue weighted by Gasteiger charge is 1.98. The highest BCUT2D eigenvalue weighted by Crippen LogP contribution is 2.01. The normalized spacial score (nSPS) is 8.85. The van der Waals surface area contributed by atoms with Gasteiger partial charge < -0.3 is 0 Å². The Labute approximate surface area is 79.6 Å². The summed E-state index contributed by atoms with van der Waals surface area (Å²) < 4.78 is 0. The number of allylic oxidation sites excluding steroid dienone is 3. The maximum atomic E-state index is 10.0. The number of rotatable bonds is 4. The fourth-order valence-corrected chi connectivity index (χ4v) is 0.393. The van der Waals surface area contributed by atoms with Crippen molar-refractivity contribution in [1.82, 2.24) is 0 Å². The highest BCUT2D eigenvalue weighted by atomic mass is 16.6. The predicted octanol–water partition coefficient (Wildman–Crippen LogP) is 3.33. The van der Waals surface area contributed by atoms with Crippen LogP contribution in [0.5, 0.6) is 0 Å². The molecule has 0 unspecified atom stereocenters. The van der Waals surface area contributed by atoms with Gasteiger partial charge >= 0.3 is 0 Å². The topological polar surface area (TPSA) is 43.1 Å². The molecule has 13 heavy (non-hydrogen) atoms. The molecule has 0 amide bonds.